The predicted molar refractivity (Wildman–Crippen MR) is 92.3 cm³/mol. The number of H-pyrrole nitrogens is 1. The van der Waals surface area contributed by atoms with Crippen LogP contribution < -0.4 is 5.56 Å². The van der Waals surface area contributed by atoms with Crippen molar-refractivity contribution in [3.63, 3.8) is 0 Å². The van der Waals surface area contributed by atoms with Gasteiger partial charge in [0.1, 0.15) is 0 Å². The summed E-state index contributed by atoms with van der Waals surface area (Å²) in [5.74, 6) is -0.557. The van der Waals surface area contributed by atoms with E-state index in [-0.39, 0.29) is 15.4 Å². The van der Waals surface area contributed by atoms with Gasteiger partial charge in [-0.05, 0) is 42.5 Å². The summed E-state index contributed by atoms with van der Waals surface area (Å²) in [5, 5.41) is 0.631. The van der Waals surface area contributed by atoms with Crippen LogP contribution in [0.3, 0.4) is 0 Å². The monoisotopic (exact) mass is 394 g/mol. The van der Waals surface area contributed by atoms with E-state index in [2.05, 4.69) is 20.9 Å². The van der Waals surface area contributed by atoms with E-state index in [1.54, 1.807) is 42.5 Å². The number of fused-ring (bicyclic) bond motifs is 1. The summed E-state index contributed by atoms with van der Waals surface area (Å²) in [5.41, 5.74) is 0.312. The maximum atomic E-state index is 12.6. The lowest BCUT2D eigenvalue weighted by molar-refractivity contribution is 0.0954. The van der Waals surface area contributed by atoms with Gasteiger partial charge in [-0.15, -0.1) is 0 Å². The third-order valence-corrected chi connectivity index (χ3v) is 4.27. The molecule has 0 spiro atoms. The Morgan fingerprint density at radius 1 is 1.23 bits per heavy atom. The number of hydrogen-bond donors (Lipinski definition) is 1. The Hall–Kier alpha value is -1.76. The molecule has 0 fully saturated rings. The Bertz CT molecular complexity index is 1030. The molecule has 3 rings (SSSR count). The highest BCUT2D eigenvalue weighted by atomic mass is 79.9. The summed E-state index contributed by atoms with van der Waals surface area (Å²) >= 11 is 14.5. The molecule has 110 valence electrons. The highest BCUT2D eigenvalue weighted by Crippen LogP contribution is 2.18. The fraction of sp³-hybridized carbons (Fsp3) is 0. The first-order valence-electron chi connectivity index (χ1n) is 6.23. The van der Waals surface area contributed by atoms with Crippen LogP contribution in [0.15, 0.2) is 51.7 Å². The molecular formula is C15H8BrClN2O2S. The van der Waals surface area contributed by atoms with E-state index in [0.29, 0.717) is 10.9 Å². The van der Waals surface area contributed by atoms with Crippen molar-refractivity contribution in [1.29, 1.82) is 0 Å². The Kier molecular flexibility index (Phi) is 3.99. The molecule has 1 aromatic heterocycles. The molecule has 0 amide bonds. The molecule has 0 atom stereocenters. The fourth-order valence-electron chi connectivity index (χ4n) is 2.13. The topological polar surface area (TPSA) is 54.9 Å². The molecule has 0 radical (unpaired) electrons. The average molecular weight is 396 g/mol. The molecule has 0 aliphatic carbocycles. The van der Waals surface area contributed by atoms with Crippen molar-refractivity contribution in [2.24, 2.45) is 0 Å². The van der Waals surface area contributed by atoms with Crippen molar-refractivity contribution in [3.05, 3.63) is 72.6 Å². The van der Waals surface area contributed by atoms with Gasteiger partial charge in [-0.3, -0.25) is 9.59 Å². The van der Waals surface area contributed by atoms with Crippen LogP contribution in [0.4, 0.5) is 0 Å². The lowest BCUT2D eigenvalue weighted by Gasteiger charge is -2.08. The summed E-state index contributed by atoms with van der Waals surface area (Å²) < 4.78 is 1.69. The van der Waals surface area contributed by atoms with Gasteiger partial charge in [-0.1, -0.05) is 39.7 Å². The molecule has 0 aliphatic rings. The van der Waals surface area contributed by atoms with E-state index in [4.69, 9.17) is 23.8 Å². The van der Waals surface area contributed by atoms with Crippen molar-refractivity contribution < 1.29 is 4.79 Å². The number of halogens is 2. The largest absolute Gasteiger partial charge is 0.331 e. The molecule has 4 nitrogen and oxygen atoms in total. The highest BCUT2D eigenvalue weighted by molar-refractivity contribution is 9.10. The van der Waals surface area contributed by atoms with Gasteiger partial charge in [-0.2, -0.15) is 0 Å². The molecule has 0 aliphatic heterocycles. The van der Waals surface area contributed by atoms with Gasteiger partial charge >= 0.3 is 0 Å². The summed E-state index contributed by atoms with van der Waals surface area (Å²) in [4.78, 5) is 28.1. The van der Waals surface area contributed by atoms with Gasteiger partial charge in [-0.25, -0.2) is 4.57 Å². The summed E-state index contributed by atoms with van der Waals surface area (Å²) in [6, 6.07) is 11.7. The second-order valence-corrected chi connectivity index (χ2v) is 6.26. The van der Waals surface area contributed by atoms with Crippen molar-refractivity contribution in [2.75, 3.05) is 0 Å². The van der Waals surface area contributed by atoms with Gasteiger partial charge < -0.3 is 4.98 Å². The maximum Gasteiger partial charge on any atom is 0.269 e. The van der Waals surface area contributed by atoms with E-state index < -0.39 is 11.5 Å². The maximum absolute atomic E-state index is 12.6. The van der Waals surface area contributed by atoms with Crippen molar-refractivity contribution in [1.82, 2.24) is 9.55 Å². The molecule has 7 heteroatoms. The summed E-state index contributed by atoms with van der Waals surface area (Å²) in [6.07, 6.45) is 0. The second kappa shape index (κ2) is 5.79. The van der Waals surface area contributed by atoms with E-state index in [0.717, 1.165) is 9.04 Å². The number of benzene rings is 2. The predicted octanol–water partition coefficient (Wildman–Crippen LogP) is 4.16. The first kappa shape index (κ1) is 15.1. The van der Waals surface area contributed by atoms with E-state index in [1.807, 2.05) is 0 Å². The van der Waals surface area contributed by atoms with Crippen LogP contribution in [0.1, 0.15) is 10.4 Å². The minimum absolute atomic E-state index is 0.0322. The molecule has 0 bridgehead atoms. The van der Waals surface area contributed by atoms with Crippen LogP contribution in [0.5, 0.6) is 0 Å². The minimum Gasteiger partial charge on any atom is -0.331 e. The third kappa shape index (κ3) is 2.54. The zero-order chi connectivity index (χ0) is 15.9. The smallest absolute Gasteiger partial charge is 0.269 e. The number of aromatic nitrogens is 2. The Morgan fingerprint density at radius 3 is 2.68 bits per heavy atom. The minimum atomic E-state index is -0.557. The van der Waals surface area contributed by atoms with Crippen molar-refractivity contribution in [3.8, 4) is 0 Å². The second-order valence-electron chi connectivity index (χ2n) is 4.55. The first-order valence-corrected chi connectivity index (χ1v) is 7.81. The molecule has 0 saturated carbocycles. The zero-order valence-electron chi connectivity index (χ0n) is 11.0. The number of aromatic amines is 1. The van der Waals surface area contributed by atoms with E-state index >= 15 is 0 Å². The summed E-state index contributed by atoms with van der Waals surface area (Å²) in [7, 11) is 0. The fourth-order valence-corrected chi connectivity index (χ4v) is 2.98. The van der Waals surface area contributed by atoms with Crippen LogP contribution in [0, 0.1) is 4.77 Å². The molecule has 3 aromatic rings. The standard InChI is InChI=1S/C15H8BrClN2O2S/c16-8-5-6-12-10(7-8)14(21)19(15(22)18-12)13(20)9-3-1-2-4-11(9)17/h1-7H,(H,18,22). The van der Waals surface area contributed by atoms with E-state index in [9.17, 15) is 9.59 Å². The molecule has 2 aromatic carbocycles. The van der Waals surface area contributed by atoms with E-state index in [1.165, 1.54) is 0 Å². The Morgan fingerprint density at radius 2 is 1.95 bits per heavy atom. The Labute approximate surface area is 143 Å². The summed E-state index contributed by atoms with van der Waals surface area (Å²) in [6.45, 7) is 0. The van der Waals surface area contributed by atoms with Gasteiger partial charge in [0.05, 0.1) is 21.5 Å². The number of carbonyl (C=O) groups excluding carboxylic acids is 1. The van der Waals surface area contributed by atoms with Gasteiger partial charge in [0.25, 0.3) is 11.5 Å². The Balaban J connectivity index is 2.32. The van der Waals surface area contributed by atoms with Gasteiger partial charge in [0.15, 0.2) is 4.77 Å². The lowest BCUT2D eigenvalue weighted by Crippen LogP contribution is -2.29. The zero-order valence-corrected chi connectivity index (χ0v) is 14.1. The molecule has 1 N–H and O–H groups in total. The quantitative estimate of drug-likeness (QED) is 0.629. The SMILES string of the molecule is O=C(c1ccccc1Cl)n1c(=S)[nH]c2ccc(Br)cc2c1=O. The highest BCUT2D eigenvalue weighted by Gasteiger charge is 2.17. The van der Waals surface area contributed by atoms with Gasteiger partial charge in [0, 0.05) is 4.47 Å². The first-order chi connectivity index (χ1) is 10.5. The van der Waals surface area contributed by atoms with Crippen molar-refractivity contribution in [2.45, 2.75) is 0 Å². The number of hydrogen-bond acceptors (Lipinski definition) is 3. The molecular weight excluding hydrogens is 388 g/mol. The number of nitrogens with zero attached hydrogens (tertiary/aromatic N) is 1. The molecule has 0 saturated heterocycles. The number of rotatable bonds is 1. The molecule has 22 heavy (non-hydrogen) atoms. The number of carbonyl (C=O) groups is 1. The van der Waals surface area contributed by atoms with Crippen LogP contribution in [0.2, 0.25) is 5.02 Å². The van der Waals surface area contributed by atoms with Crippen LogP contribution in [-0.4, -0.2) is 15.5 Å². The normalized spacial score (nSPS) is 10.8. The molecule has 0 unspecified atom stereocenters. The third-order valence-electron chi connectivity index (χ3n) is 3.17. The van der Waals surface area contributed by atoms with Crippen LogP contribution in [0.25, 0.3) is 10.9 Å². The lowest BCUT2D eigenvalue weighted by atomic mass is 10.2. The average Bonchev–Trinajstić information content (AvgIpc) is 2.48. The van der Waals surface area contributed by atoms with Crippen molar-refractivity contribution >= 4 is 56.6 Å². The van der Waals surface area contributed by atoms with Crippen LogP contribution in [-0.2, 0) is 0 Å². The molecule has 1 heterocycles. The number of nitrogens with one attached hydrogen (secondary N) is 1. The van der Waals surface area contributed by atoms with Gasteiger partial charge in [0.2, 0.25) is 0 Å². The van der Waals surface area contributed by atoms with Crippen LogP contribution >= 0.6 is 39.7 Å².